The van der Waals surface area contributed by atoms with Gasteiger partial charge in [-0.1, -0.05) is 540 Å². The maximum Gasteiger partial charge on any atom is 0.164 e. The maximum absolute atomic E-state index is 4.95. The number of aromatic nitrogens is 9. The van der Waals surface area contributed by atoms with Crippen molar-refractivity contribution in [2.75, 3.05) is 0 Å². The normalized spacial score (nSPS) is 12.8. The summed E-state index contributed by atoms with van der Waals surface area (Å²) < 4.78 is 0. The topological polar surface area (TPSA) is 116 Å². The van der Waals surface area contributed by atoms with Crippen molar-refractivity contribution in [1.29, 1.82) is 0 Å². The molecule has 3 aromatic heterocycles. The van der Waals surface area contributed by atoms with Crippen molar-refractivity contribution in [1.82, 2.24) is 44.9 Å². The molecule has 0 aliphatic heterocycles. The molecule has 9 nitrogen and oxygen atoms in total. The molecule has 28 rings (SSSR count). The van der Waals surface area contributed by atoms with E-state index in [0.29, 0.717) is 52.4 Å². The molecule has 0 fully saturated rings. The van der Waals surface area contributed by atoms with E-state index in [2.05, 4.69) is 370 Å². The van der Waals surface area contributed by atoms with Gasteiger partial charge in [0, 0.05) is 50.1 Å². The van der Waals surface area contributed by atoms with E-state index in [1.807, 2.05) is 182 Å². The SMILES string of the molecule is c1ccc(-c2nc(-c3ccccc3)nc(-c3ccc(-c4ccc5c(c4)C(c4ccccc4)(c4ccccc4)c4ccccc4-5)cc3)n2)cc1.c1ccc(-c2nc(-c3ccccc3)nc(-c3ccc(-c4ccc5c(c4)C4(c6ccccc6-c6ccccc64)c4ccccc4-5)cc3)n2)cc1.c1ccc(-c2nc(-c3ccccc3)nc(-c3ccc(-c4cccc5c4-c4ccccc4C5(c4ccccc4)c4ccccc4)cc3)n2)cc1. The third-order valence-corrected chi connectivity index (χ3v) is 29.4. The highest BCUT2D eigenvalue weighted by molar-refractivity contribution is 5.99. The van der Waals surface area contributed by atoms with Gasteiger partial charge in [-0.15, -0.1) is 0 Å². The van der Waals surface area contributed by atoms with E-state index in [9.17, 15) is 0 Å². The van der Waals surface area contributed by atoms with Crippen LogP contribution in [-0.2, 0) is 16.2 Å². The second kappa shape index (κ2) is 37.6. The molecule has 0 unspecified atom stereocenters. The molecule has 0 bridgehead atoms. The van der Waals surface area contributed by atoms with Gasteiger partial charge in [0.15, 0.2) is 52.4 Å². The molecule has 9 heteroatoms. The van der Waals surface area contributed by atoms with Gasteiger partial charge in [0.1, 0.15) is 0 Å². The van der Waals surface area contributed by atoms with Crippen molar-refractivity contribution in [2.24, 2.45) is 0 Å². The number of benzene rings is 21. The fourth-order valence-electron chi connectivity index (χ4n) is 22.9. The first-order valence-corrected chi connectivity index (χ1v) is 50.0. The average molecular weight is 1880 g/mol. The number of hydrogen-bond donors (Lipinski definition) is 0. The summed E-state index contributed by atoms with van der Waals surface area (Å²) in [5.74, 6) is 5.90. The van der Waals surface area contributed by atoms with Crippen molar-refractivity contribution in [2.45, 2.75) is 16.2 Å². The molecule has 0 N–H and O–H groups in total. The summed E-state index contributed by atoms with van der Waals surface area (Å²) in [5, 5.41) is 0. The second-order valence-electron chi connectivity index (χ2n) is 37.5. The van der Waals surface area contributed by atoms with Crippen LogP contribution in [0.4, 0.5) is 0 Å². The van der Waals surface area contributed by atoms with E-state index in [4.69, 9.17) is 44.9 Å². The fraction of sp³-hybridized carbons (Fsp3) is 0.0217. The van der Waals surface area contributed by atoms with Gasteiger partial charge in [0.2, 0.25) is 0 Å². The van der Waals surface area contributed by atoms with E-state index in [0.717, 1.165) is 66.8 Å². The molecule has 4 aliphatic rings. The summed E-state index contributed by atoms with van der Waals surface area (Å²) >= 11 is 0. The van der Waals surface area contributed by atoms with E-state index in [1.165, 1.54) is 128 Å². The predicted molar refractivity (Wildman–Crippen MR) is 596 cm³/mol. The van der Waals surface area contributed by atoms with Crippen molar-refractivity contribution in [3.8, 4) is 180 Å². The van der Waals surface area contributed by atoms with Gasteiger partial charge in [-0.3, -0.25) is 0 Å². The molecule has 688 valence electrons. The van der Waals surface area contributed by atoms with Crippen LogP contribution in [0.25, 0.3) is 180 Å². The molecule has 3 heterocycles. The Morgan fingerprint density at radius 3 is 0.558 bits per heavy atom. The van der Waals surface area contributed by atoms with Crippen LogP contribution in [0.1, 0.15) is 66.8 Å². The summed E-state index contributed by atoms with van der Waals surface area (Å²) in [6.45, 7) is 0. The van der Waals surface area contributed by atoms with Gasteiger partial charge in [0.25, 0.3) is 0 Å². The first kappa shape index (κ1) is 87.9. The molecular formula is C138H91N9. The zero-order chi connectivity index (χ0) is 97.6. The van der Waals surface area contributed by atoms with Crippen molar-refractivity contribution in [3.63, 3.8) is 0 Å². The Labute approximate surface area is 854 Å². The Hall–Kier alpha value is -19.4. The van der Waals surface area contributed by atoms with Crippen LogP contribution in [0, 0.1) is 0 Å². The van der Waals surface area contributed by atoms with E-state index in [1.54, 1.807) is 0 Å². The van der Waals surface area contributed by atoms with Gasteiger partial charge >= 0.3 is 0 Å². The largest absolute Gasteiger partial charge is 0.208 e. The summed E-state index contributed by atoms with van der Waals surface area (Å²) in [6, 6.07) is 196. The lowest BCUT2D eigenvalue weighted by molar-refractivity contribution is 0.768. The van der Waals surface area contributed by atoms with Crippen LogP contribution in [0.15, 0.2) is 552 Å². The molecule has 4 aliphatic carbocycles. The standard InChI is InChI=1S/C46H29N3.2C46H31N3/c1-3-13-31(14-4-1)43-47-44(32-15-5-2-6-16-32)49-45(48-43)33-25-23-30(24-26-33)34-27-28-38-37-19-9-12-22-41(37)46(42(38)29-34)39-20-10-7-17-35(39)36-18-8-11-21-40(36)46;1-5-16-33(17-6-1)43-47-44(34-18-7-2-8-19-34)49-45(48-43)35-30-28-32(29-31-35)38-25-15-27-41-42(38)39-24-13-14-26-40(39)46(41,36-20-9-3-10-21-36)37-22-11-4-12-23-37;1-5-15-33(16-6-1)43-47-44(34-17-7-2-8-18-34)49-45(48-43)35-27-25-32(26-28-35)36-29-30-40-39-23-13-14-24-41(39)46(42(40)31-36,37-19-9-3-10-20-37)38-21-11-4-12-22-38/h1-29H;2*1-31H. The van der Waals surface area contributed by atoms with Crippen LogP contribution in [0.5, 0.6) is 0 Å². The third-order valence-electron chi connectivity index (χ3n) is 29.4. The highest BCUT2D eigenvalue weighted by Crippen LogP contribution is 2.65. The smallest absolute Gasteiger partial charge is 0.164 e. The fourth-order valence-corrected chi connectivity index (χ4v) is 22.9. The Morgan fingerprint density at radius 1 is 0.102 bits per heavy atom. The molecule has 21 aromatic carbocycles. The van der Waals surface area contributed by atoms with Gasteiger partial charge in [-0.25, -0.2) is 44.9 Å². The van der Waals surface area contributed by atoms with Crippen LogP contribution in [0.2, 0.25) is 0 Å². The number of hydrogen-bond acceptors (Lipinski definition) is 9. The maximum atomic E-state index is 4.95. The Morgan fingerprint density at radius 2 is 0.279 bits per heavy atom. The highest BCUT2D eigenvalue weighted by atomic mass is 15.1. The van der Waals surface area contributed by atoms with Crippen molar-refractivity contribution < 1.29 is 0 Å². The number of nitrogens with zero attached hydrogens (tertiary/aromatic N) is 9. The minimum absolute atomic E-state index is 0.360. The van der Waals surface area contributed by atoms with Gasteiger partial charge in [-0.05, 0) is 157 Å². The molecule has 0 saturated carbocycles. The number of rotatable bonds is 16. The lowest BCUT2D eigenvalue weighted by atomic mass is 9.67. The zero-order valence-electron chi connectivity index (χ0n) is 80.1. The monoisotopic (exact) mass is 1870 g/mol. The molecule has 0 atom stereocenters. The molecule has 1 spiro atoms. The van der Waals surface area contributed by atoms with Crippen molar-refractivity contribution >= 4 is 0 Å². The summed E-state index contributed by atoms with van der Waals surface area (Å²) in [5.41, 5.74) is 40.4. The Kier molecular flexibility index (Phi) is 22.5. The Balaban J connectivity index is 0.000000112. The summed E-state index contributed by atoms with van der Waals surface area (Å²) in [6.07, 6.45) is 0. The first-order valence-electron chi connectivity index (χ1n) is 50.0. The van der Waals surface area contributed by atoms with Crippen LogP contribution in [0.3, 0.4) is 0 Å². The molecule has 0 saturated heterocycles. The second-order valence-corrected chi connectivity index (χ2v) is 37.5. The van der Waals surface area contributed by atoms with Crippen LogP contribution < -0.4 is 0 Å². The van der Waals surface area contributed by atoms with E-state index in [-0.39, 0.29) is 5.41 Å². The van der Waals surface area contributed by atoms with E-state index >= 15 is 0 Å². The molecular weight excluding hydrogens is 1780 g/mol. The Bertz CT molecular complexity index is 8350. The third kappa shape index (κ3) is 15.4. The minimum atomic E-state index is -0.434. The molecule has 0 radical (unpaired) electrons. The lowest BCUT2D eigenvalue weighted by Gasteiger charge is -2.34. The predicted octanol–water partition coefficient (Wildman–Crippen LogP) is 32.7. The van der Waals surface area contributed by atoms with Gasteiger partial charge in [0.05, 0.1) is 16.2 Å². The van der Waals surface area contributed by atoms with Crippen LogP contribution >= 0.6 is 0 Å². The van der Waals surface area contributed by atoms with Crippen molar-refractivity contribution in [3.05, 3.63) is 619 Å². The minimum Gasteiger partial charge on any atom is -0.208 e. The van der Waals surface area contributed by atoms with E-state index < -0.39 is 10.8 Å². The first-order chi connectivity index (χ1) is 72.9. The van der Waals surface area contributed by atoms with Gasteiger partial charge in [-0.2, -0.15) is 0 Å². The quantitative estimate of drug-likeness (QED) is 0.0932. The molecule has 24 aromatic rings. The average Bonchev–Trinajstić information content (AvgIpc) is 1.51. The summed E-state index contributed by atoms with van der Waals surface area (Å²) in [4.78, 5) is 44.2. The van der Waals surface area contributed by atoms with Gasteiger partial charge < -0.3 is 0 Å². The molecule has 147 heavy (non-hydrogen) atoms. The highest BCUT2D eigenvalue weighted by Gasteiger charge is 2.53. The van der Waals surface area contributed by atoms with Crippen LogP contribution in [-0.4, -0.2) is 44.9 Å². The zero-order valence-corrected chi connectivity index (χ0v) is 80.1. The lowest BCUT2D eigenvalue weighted by Crippen LogP contribution is -2.28. The summed E-state index contributed by atoms with van der Waals surface area (Å²) in [7, 11) is 0. The molecule has 0 amide bonds. The number of fused-ring (bicyclic) bond motifs is 16.